The molecule has 6 nitrogen and oxygen atoms in total. The fraction of sp³-hybridized carbons (Fsp3) is 0.917. The smallest absolute Gasteiger partial charge is 0.285 e. The van der Waals surface area contributed by atoms with E-state index in [1.54, 1.807) is 0 Å². The van der Waals surface area contributed by atoms with Gasteiger partial charge >= 0.3 is 0 Å². The zero-order valence-corrected chi connectivity index (χ0v) is 11.0. The molecular formula is C12H24N2O4. The third kappa shape index (κ3) is 4.12. The molecule has 18 heavy (non-hydrogen) atoms. The molecule has 1 rings (SSSR count). The molecule has 1 aliphatic heterocycles. The van der Waals surface area contributed by atoms with Crippen LogP contribution in [0, 0.1) is 5.92 Å². The highest BCUT2D eigenvalue weighted by atomic mass is 16.5. The summed E-state index contributed by atoms with van der Waals surface area (Å²) in [4.78, 5) is 4.18. The lowest BCUT2D eigenvalue weighted by molar-refractivity contribution is -0.0587. The molecule has 0 fully saturated rings. The highest BCUT2D eigenvalue weighted by molar-refractivity contribution is 5.75. The maximum Gasteiger partial charge on any atom is 0.285 e. The second kappa shape index (κ2) is 7.56. The number of aliphatic imine (C=N–C) groups is 1. The molecule has 4 N–H and O–H groups in total. The van der Waals surface area contributed by atoms with E-state index in [9.17, 15) is 15.3 Å². The van der Waals surface area contributed by atoms with Crippen molar-refractivity contribution < 1.29 is 20.1 Å². The summed E-state index contributed by atoms with van der Waals surface area (Å²) in [5.74, 6) is -0.528. The monoisotopic (exact) mass is 260 g/mol. The fourth-order valence-corrected chi connectivity index (χ4v) is 1.89. The minimum atomic E-state index is -1.01. The van der Waals surface area contributed by atoms with Crippen molar-refractivity contribution in [2.24, 2.45) is 10.9 Å². The standard InChI is InChI=1S/C12H24N2O4/c1-3-4-5-13-12-14-6-10(18-12)9(7-15)11(17)8(2)16/h8-11,15-17H,3-7H2,1-2H3,(H,13,14)/t8-,9+,10?,11+/m1/s1. The van der Waals surface area contributed by atoms with E-state index in [2.05, 4.69) is 17.2 Å². The van der Waals surface area contributed by atoms with Crippen molar-refractivity contribution in [1.82, 2.24) is 5.32 Å². The molecule has 6 heteroatoms. The Morgan fingerprint density at radius 2 is 2.22 bits per heavy atom. The second-order valence-electron chi connectivity index (χ2n) is 4.66. The van der Waals surface area contributed by atoms with Crippen LogP contribution in [0.2, 0.25) is 0 Å². The predicted octanol–water partition coefficient (Wildman–Crippen LogP) is -0.519. The van der Waals surface area contributed by atoms with E-state index in [0.717, 1.165) is 19.4 Å². The van der Waals surface area contributed by atoms with Crippen LogP contribution in [-0.2, 0) is 4.74 Å². The maximum absolute atomic E-state index is 9.79. The van der Waals surface area contributed by atoms with Gasteiger partial charge in [0.05, 0.1) is 25.4 Å². The van der Waals surface area contributed by atoms with Crippen LogP contribution in [0.1, 0.15) is 26.7 Å². The van der Waals surface area contributed by atoms with Crippen LogP contribution in [0.15, 0.2) is 4.99 Å². The molecule has 0 aromatic carbocycles. The quantitative estimate of drug-likeness (QED) is 0.462. The van der Waals surface area contributed by atoms with Gasteiger partial charge in [-0.05, 0) is 13.3 Å². The molecule has 106 valence electrons. The van der Waals surface area contributed by atoms with Gasteiger partial charge in [-0.3, -0.25) is 0 Å². The van der Waals surface area contributed by atoms with Crippen molar-refractivity contribution in [3.8, 4) is 0 Å². The number of aliphatic hydroxyl groups is 3. The van der Waals surface area contributed by atoms with Gasteiger partial charge in [-0.2, -0.15) is 0 Å². The number of nitrogens with one attached hydrogen (secondary N) is 1. The lowest BCUT2D eigenvalue weighted by Gasteiger charge is -2.27. The van der Waals surface area contributed by atoms with Crippen molar-refractivity contribution in [1.29, 1.82) is 0 Å². The van der Waals surface area contributed by atoms with Crippen molar-refractivity contribution in [3.05, 3.63) is 0 Å². The SMILES string of the molecule is CCCCNC1=NCC([C@H](CO)[C@@H](O)[C@@H](C)O)O1. The summed E-state index contributed by atoms with van der Waals surface area (Å²) in [5, 5.41) is 31.5. The lowest BCUT2D eigenvalue weighted by atomic mass is 9.93. The number of hydrogen-bond acceptors (Lipinski definition) is 6. The largest absolute Gasteiger partial charge is 0.460 e. The Bertz CT molecular complexity index is 271. The summed E-state index contributed by atoms with van der Waals surface area (Å²) in [6, 6.07) is 0.463. The molecule has 0 saturated heterocycles. The lowest BCUT2D eigenvalue weighted by Crippen LogP contribution is -2.43. The van der Waals surface area contributed by atoms with Crippen LogP contribution in [0.25, 0.3) is 0 Å². The van der Waals surface area contributed by atoms with E-state index in [-0.39, 0.29) is 12.7 Å². The molecule has 1 heterocycles. The minimum absolute atomic E-state index is 0.242. The van der Waals surface area contributed by atoms with Crippen molar-refractivity contribution >= 4 is 6.02 Å². The van der Waals surface area contributed by atoms with Crippen molar-refractivity contribution in [3.63, 3.8) is 0 Å². The topological polar surface area (TPSA) is 94.3 Å². The Morgan fingerprint density at radius 1 is 1.50 bits per heavy atom. The van der Waals surface area contributed by atoms with Crippen LogP contribution in [0.4, 0.5) is 0 Å². The number of rotatable bonds is 7. The normalized spacial score (nSPS) is 24.1. The third-order valence-corrected chi connectivity index (χ3v) is 3.11. The Labute approximate surface area is 108 Å². The van der Waals surface area contributed by atoms with Crippen LogP contribution < -0.4 is 5.32 Å². The highest BCUT2D eigenvalue weighted by Gasteiger charge is 2.35. The van der Waals surface area contributed by atoms with E-state index in [1.165, 1.54) is 6.92 Å². The number of hydrogen-bond donors (Lipinski definition) is 4. The maximum atomic E-state index is 9.79. The summed E-state index contributed by atoms with van der Waals surface area (Å²) < 4.78 is 5.54. The molecule has 1 aliphatic rings. The Balaban J connectivity index is 2.41. The first-order valence-corrected chi connectivity index (χ1v) is 6.52. The number of ether oxygens (including phenoxy) is 1. The predicted molar refractivity (Wildman–Crippen MR) is 68.3 cm³/mol. The average Bonchev–Trinajstić information content (AvgIpc) is 2.79. The second-order valence-corrected chi connectivity index (χ2v) is 4.66. The molecule has 0 aromatic rings. The first-order valence-electron chi connectivity index (χ1n) is 6.52. The van der Waals surface area contributed by atoms with E-state index in [0.29, 0.717) is 12.6 Å². The van der Waals surface area contributed by atoms with Gasteiger partial charge in [0.1, 0.15) is 6.10 Å². The van der Waals surface area contributed by atoms with E-state index >= 15 is 0 Å². The summed E-state index contributed by atoms with van der Waals surface area (Å²) >= 11 is 0. The van der Waals surface area contributed by atoms with Crippen LogP contribution in [-0.4, -0.2) is 59.3 Å². The zero-order chi connectivity index (χ0) is 13.5. The Morgan fingerprint density at radius 3 is 2.78 bits per heavy atom. The highest BCUT2D eigenvalue weighted by Crippen LogP contribution is 2.19. The number of aliphatic hydroxyl groups excluding tert-OH is 3. The third-order valence-electron chi connectivity index (χ3n) is 3.11. The van der Waals surface area contributed by atoms with Gasteiger partial charge in [0.25, 0.3) is 6.02 Å². The molecule has 0 aromatic heterocycles. The van der Waals surface area contributed by atoms with Gasteiger partial charge in [-0.25, -0.2) is 4.99 Å². The molecule has 0 bridgehead atoms. The van der Waals surface area contributed by atoms with Crippen molar-refractivity contribution in [2.75, 3.05) is 19.7 Å². The van der Waals surface area contributed by atoms with Gasteiger partial charge < -0.3 is 25.4 Å². The molecule has 4 atom stereocenters. The molecular weight excluding hydrogens is 236 g/mol. The van der Waals surface area contributed by atoms with Gasteiger partial charge in [0, 0.05) is 12.5 Å². The fourth-order valence-electron chi connectivity index (χ4n) is 1.89. The zero-order valence-electron chi connectivity index (χ0n) is 11.0. The van der Waals surface area contributed by atoms with Crippen molar-refractivity contribution in [2.45, 2.75) is 45.0 Å². The van der Waals surface area contributed by atoms with E-state index < -0.39 is 18.1 Å². The van der Waals surface area contributed by atoms with Crippen LogP contribution in [0.5, 0.6) is 0 Å². The average molecular weight is 260 g/mol. The van der Waals surface area contributed by atoms with E-state index in [1.807, 2.05) is 0 Å². The number of nitrogens with zero attached hydrogens (tertiary/aromatic N) is 1. The molecule has 0 saturated carbocycles. The molecule has 0 radical (unpaired) electrons. The summed E-state index contributed by atoms with van der Waals surface area (Å²) in [6.45, 7) is 4.54. The Kier molecular flexibility index (Phi) is 6.38. The first-order chi connectivity index (χ1) is 8.60. The van der Waals surface area contributed by atoms with Gasteiger partial charge in [0.15, 0.2) is 0 Å². The summed E-state index contributed by atoms with van der Waals surface area (Å²) in [7, 11) is 0. The van der Waals surface area contributed by atoms with Crippen LogP contribution in [0.3, 0.4) is 0 Å². The van der Waals surface area contributed by atoms with E-state index in [4.69, 9.17) is 4.74 Å². The first kappa shape index (κ1) is 15.2. The molecule has 0 spiro atoms. The number of unbranched alkanes of at least 4 members (excludes halogenated alkanes) is 1. The van der Waals surface area contributed by atoms with Gasteiger partial charge in [-0.1, -0.05) is 13.3 Å². The summed E-state index contributed by atoms with van der Waals surface area (Å²) in [5.41, 5.74) is 0. The molecule has 0 amide bonds. The van der Waals surface area contributed by atoms with Crippen LogP contribution >= 0.6 is 0 Å². The summed E-state index contributed by atoms with van der Waals surface area (Å²) in [6.07, 6.45) is -0.173. The number of amidine groups is 1. The van der Waals surface area contributed by atoms with Gasteiger partial charge in [-0.15, -0.1) is 0 Å². The Hall–Kier alpha value is -0.850. The minimum Gasteiger partial charge on any atom is -0.460 e. The molecule has 1 unspecified atom stereocenters. The van der Waals surface area contributed by atoms with Gasteiger partial charge in [0.2, 0.25) is 0 Å². The molecule has 0 aliphatic carbocycles.